The highest BCUT2D eigenvalue weighted by Gasteiger charge is 2.42. The standard InChI is InChI=1S/C33H40ClFN6O6.CH4/c1-16(2)27(38-31(44)24-7-4-10-40(24)25(42)12-36)32(45)37-23-6-3-5-17-13-39(14-20(17)23)29-22(35)11-19-28(26(29)34)41(18-8-9-18)15-21(30(19)43)33(46)47;/h3,6,11,15-18,20,23-24,27H,4-5,7-10,12-14,36H2,1-2H3,(H,37,45)(H,38,44)(H,46,47);1H4/t17?,20?,23?,24-,27-;/m0./s1. The van der Waals surface area contributed by atoms with Gasteiger partial charge in [-0.15, -0.1) is 0 Å². The molecular weight excluding hydrogens is 643 g/mol. The summed E-state index contributed by atoms with van der Waals surface area (Å²) in [6.07, 6.45) is 8.71. The third-order valence-electron chi connectivity index (χ3n) is 10.0. The number of amides is 3. The molecular formula is C34H44ClFN6O6. The Kier molecular flexibility index (Phi) is 10.2. The second-order valence-corrected chi connectivity index (χ2v) is 13.8. The Labute approximate surface area is 283 Å². The minimum atomic E-state index is -1.38. The molecule has 48 heavy (non-hydrogen) atoms. The average molecular weight is 687 g/mol. The third-order valence-corrected chi connectivity index (χ3v) is 10.4. The number of nitrogens with two attached hydrogens (primary N) is 1. The SMILES string of the molecule is C.CC(C)[C@H](NC(=O)[C@@H]1CCCN1C(=O)CN)C(=O)NC1C=CCC2CN(c3c(F)cc4c(=O)c(C(=O)O)cn(C5CC5)c4c3Cl)CC21. The highest BCUT2D eigenvalue weighted by Crippen LogP contribution is 2.44. The van der Waals surface area contributed by atoms with Crippen molar-refractivity contribution in [3.63, 3.8) is 0 Å². The van der Waals surface area contributed by atoms with Gasteiger partial charge in [0.15, 0.2) is 0 Å². The Morgan fingerprint density at radius 1 is 1.17 bits per heavy atom. The molecule has 2 aliphatic carbocycles. The molecule has 2 saturated heterocycles. The van der Waals surface area contributed by atoms with Gasteiger partial charge in [-0.05, 0) is 50.0 Å². The Morgan fingerprint density at radius 2 is 1.90 bits per heavy atom. The number of carboxylic acid groups (broad SMARTS) is 1. The van der Waals surface area contributed by atoms with Crippen molar-refractivity contribution in [2.75, 3.05) is 31.1 Å². The van der Waals surface area contributed by atoms with Crippen molar-refractivity contribution < 1.29 is 28.7 Å². The summed E-state index contributed by atoms with van der Waals surface area (Å²) in [5.41, 5.74) is 4.80. The molecule has 0 bridgehead atoms. The normalized spacial score (nSPS) is 24.0. The van der Waals surface area contributed by atoms with E-state index in [0.29, 0.717) is 44.4 Å². The van der Waals surface area contributed by atoms with E-state index in [1.807, 2.05) is 30.9 Å². The van der Waals surface area contributed by atoms with E-state index in [1.54, 1.807) is 4.57 Å². The molecule has 3 unspecified atom stereocenters. The topological polar surface area (TPSA) is 167 Å². The molecule has 12 nitrogen and oxygen atoms in total. The van der Waals surface area contributed by atoms with E-state index in [2.05, 4.69) is 10.6 Å². The number of allylic oxidation sites excluding steroid dienone is 1. The van der Waals surface area contributed by atoms with Gasteiger partial charge in [0.2, 0.25) is 23.2 Å². The van der Waals surface area contributed by atoms with E-state index in [-0.39, 0.29) is 71.6 Å². The fourth-order valence-electron chi connectivity index (χ4n) is 7.44. The maximum Gasteiger partial charge on any atom is 0.341 e. The lowest BCUT2D eigenvalue weighted by atomic mass is 9.82. The van der Waals surface area contributed by atoms with E-state index in [1.165, 1.54) is 11.1 Å². The molecule has 6 rings (SSSR count). The molecule has 0 radical (unpaired) electrons. The number of benzene rings is 1. The summed E-state index contributed by atoms with van der Waals surface area (Å²) in [7, 11) is 0. The summed E-state index contributed by atoms with van der Waals surface area (Å²) in [6.45, 7) is 4.77. The lowest BCUT2D eigenvalue weighted by molar-refractivity contribution is -0.139. The zero-order valence-electron chi connectivity index (χ0n) is 26.4. The molecule has 260 valence electrons. The van der Waals surface area contributed by atoms with Crippen LogP contribution < -0.4 is 26.7 Å². The minimum absolute atomic E-state index is 0. The zero-order chi connectivity index (χ0) is 33.7. The lowest BCUT2D eigenvalue weighted by Crippen LogP contribution is -2.57. The van der Waals surface area contributed by atoms with Crippen LogP contribution in [0, 0.1) is 23.6 Å². The monoisotopic (exact) mass is 686 g/mol. The van der Waals surface area contributed by atoms with E-state index in [0.717, 1.165) is 18.9 Å². The first-order valence-corrected chi connectivity index (χ1v) is 16.6. The maximum atomic E-state index is 15.8. The van der Waals surface area contributed by atoms with Crippen molar-refractivity contribution in [3.8, 4) is 0 Å². The Hall–Kier alpha value is -3.97. The van der Waals surface area contributed by atoms with Crippen LogP contribution in [0.1, 0.15) is 69.8 Å². The molecule has 4 aliphatic rings. The number of hydrogen-bond donors (Lipinski definition) is 4. The Morgan fingerprint density at radius 3 is 2.54 bits per heavy atom. The van der Waals surface area contributed by atoms with Crippen molar-refractivity contribution in [1.82, 2.24) is 20.1 Å². The first-order valence-electron chi connectivity index (χ1n) is 16.2. The van der Waals surface area contributed by atoms with Gasteiger partial charge in [-0.1, -0.05) is 45.0 Å². The fourth-order valence-corrected chi connectivity index (χ4v) is 7.85. The van der Waals surface area contributed by atoms with Crippen LogP contribution in [0.25, 0.3) is 10.9 Å². The number of pyridine rings is 1. The van der Waals surface area contributed by atoms with Crippen molar-refractivity contribution in [2.24, 2.45) is 23.5 Å². The van der Waals surface area contributed by atoms with Crippen molar-refractivity contribution in [3.05, 3.63) is 51.0 Å². The number of anilines is 1. The van der Waals surface area contributed by atoms with Gasteiger partial charge in [0.25, 0.3) is 0 Å². The molecule has 3 amide bonds. The quantitative estimate of drug-likeness (QED) is 0.292. The van der Waals surface area contributed by atoms with Crippen LogP contribution in [0.4, 0.5) is 10.1 Å². The molecule has 1 saturated carbocycles. The van der Waals surface area contributed by atoms with Gasteiger partial charge in [0, 0.05) is 37.8 Å². The number of carbonyl (C=O) groups excluding carboxylic acids is 3. The van der Waals surface area contributed by atoms with E-state index in [4.69, 9.17) is 17.3 Å². The number of carbonyl (C=O) groups is 4. The van der Waals surface area contributed by atoms with Gasteiger partial charge in [-0.25, -0.2) is 9.18 Å². The van der Waals surface area contributed by atoms with Crippen LogP contribution >= 0.6 is 11.6 Å². The summed E-state index contributed by atoms with van der Waals surface area (Å²) in [6, 6.07) is -0.838. The molecule has 2 aliphatic heterocycles. The van der Waals surface area contributed by atoms with Crippen LogP contribution in [-0.4, -0.2) is 82.6 Å². The summed E-state index contributed by atoms with van der Waals surface area (Å²) in [5, 5.41) is 15.6. The van der Waals surface area contributed by atoms with Gasteiger partial charge < -0.3 is 35.8 Å². The number of fused-ring (bicyclic) bond motifs is 2. The van der Waals surface area contributed by atoms with E-state index in [9.17, 15) is 29.1 Å². The van der Waals surface area contributed by atoms with E-state index >= 15 is 4.39 Å². The number of rotatable bonds is 9. The Balaban J connectivity index is 0.00000451. The van der Waals surface area contributed by atoms with Crippen LogP contribution in [0.2, 0.25) is 5.02 Å². The number of hydrogen-bond acceptors (Lipinski definition) is 7. The Bertz CT molecular complexity index is 1720. The molecule has 3 heterocycles. The van der Waals surface area contributed by atoms with Crippen LogP contribution in [-0.2, 0) is 14.4 Å². The van der Waals surface area contributed by atoms with Gasteiger partial charge in [0.1, 0.15) is 23.5 Å². The fraction of sp³-hybridized carbons (Fsp3) is 0.559. The van der Waals surface area contributed by atoms with Crippen molar-refractivity contribution in [2.45, 2.75) is 77.5 Å². The maximum absolute atomic E-state index is 15.8. The molecule has 3 fully saturated rings. The van der Waals surface area contributed by atoms with Gasteiger partial charge in [-0.3, -0.25) is 19.2 Å². The largest absolute Gasteiger partial charge is 0.477 e. The molecule has 1 aromatic heterocycles. The van der Waals surface area contributed by atoms with Crippen LogP contribution in [0.15, 0.2) is 29.2 Å². The van der Waals surface area contributed by atoms with Crippen molar-refractivity contribution in [1.29, 1.82) is 0 Å². The van der Waals surface area contributed by atoms with Gasteiger partial charge in [-0.2, -0.15) is 0 Å². The molecule has 5 N–H and O–H groups in total. The predicted molar refractivity (Wildman–Crippen MR) is 181 cm³/mol. The molecule has 5 atom stereocenters. The number of carboxylic acids is 1. The molecule has 1 aromatic carbocycles. The van der Waals surface area contributed by atoms with Crippen molar-refractivity contribution >= 4 is 51.9 Å². The number of nitrogens with zero attached hydrogens (tertiary/aromatic N) is 3. The third kappa shape index (κ3) is 6.41. The average Bonchev–Trinajstić information content (AvgIpc) is 3.58. The summed E-state index contributed by atoms with van der Waals surface area (Å²) in [4.78, 5) is 67.2. The number of halogens is 2. The van der Waals surface area contributed by atoms with E-state index < -0.39 is 40.9 Å². The van der Waals surface area contributed by atoms with Gasteiger partial charge in [0.05, 0.1) is 34.2 Å². The zero-order valence-corrected chi connectivity index (χ0v) is 27.1. The van der Waals surface area contributed by atoms with Crippen LogP contribution in [0.5, 0.6) is 0 Å². The summed E-state index contributed by atoms with van der Waals surface area (Å²) < 4.78 is 17.5. The first-order chi connectivity index (χ1) is 22.4. The summed E-state index contributed by atoms with van der Waals surface area (Å²) in [5.74, 6) is -3.40. The highest BCUT2D eigenvalue weighted by molar-refractivity contribution is 6.38. The predicted octanol–water partition coefficient (Wildman–Crippen LogP) is 3.05. The number of nitrogens with one attached hydrogen (secondary N) is 2. The number of aromatic carboxylic acids is 1. The number of likely N-dealkylation sites (tertiary alicyclic amines) is 1. The molecule has 14 heteroatoms. The minimum Gasteiger partial charge on any atom is -0.477 e. The molecule has 0 spiro atoms. The summed E-state index contributed by atoms with van der Waals surface area (Å²) >= 11 is 6.90. The number of aromatic nitrogens is 1. The second kappa shape index (κ2) is 13.9. The van der Waals surface area contributed by atoms with Gasteiger partial charge >= 0.3 is 5.97 Å². The second-order valence-electron chi connectivity index (χ2n) is 13.4. The van der Waals surface area contributed by atoms with Crippen LogP contribution in [0.3, 0.4) is 0 Å². The first kappa shape index (κ1) is 35.3. The highest BCUT2D eigenvalue weighted by atomic mass is 35.5. The lowest BCUT2D eigenvalue weighted by Gasteiger charge is -2.32. The smallest absolute Gasteiger partial charge is 0.341 e. The molecule has 2 aromatic rings.